The SMILES string of the molecule is Cc1cc(C=C(C#N)c2ccc(C(=O)O)cc2)c(C)n1-c1sc2c(c1C#N)CCCC2. The van der Waals surface area contributed by atoms with E-state index < -0.39 is 5.97 Å². The zero-order chi connectivity index (χ0) is 22.1. The van der Waals surface area contributed by atoms with Gasteiger partial charge in [0, 0.05) is 16.3 Å². The van der Waals surface area contributed by atoms with E-state index in [1.54, 1.807) is 23.5 Å². The number of hydrogen-bond acceptors (Lipinski definition) is 4. The van der Waals surface area contributed by atoms with Crippen molar-refractivity contribution in [2.75, 3.05) is 0 Å². The van der Waals surface area contributed by atoms with Crippen molar-refractivity contribution >= 4 is 29.0 Å². The van der Waals surface area contributed by atoms with Gasteiger partial charge in [-0.3, -0.25) is 0 Å². The van der Waals surface area contributed by atoms with Crippen LogP contribution in [0.1, 0.15) is 61.7 Å². The summed E-state index contributed by atoms with van der Waals surface area (Å²) in [5.41, 5.74) is 6.19. The minimum atomic E-state index is -0.996. The summed E-state index contributed by atoms with van der Waals surface area (Å²) < 4.78 is 2.12. The van der Waals surface area contributed by atoms with Gasteiger partial charge in [-0.05, 0) is 80.5 Å². The van der Waals surface area contributed by atoms with E-state index in [0.29, 0.717) is 11.1 Å². The molecule has 0 saturated carbocycles. The van der Waals surface area contributed by atoms with E-state index in [9.17, 15) is 15.3 Å². The summed E-state index contributed by atoms with van der Waals surface area (Å²) in [7, 11) is 0. The molecule has 2 aromatic heterocycles. The van der Waals surface area contributed by atoms with E-state index in [0.717, 1.165) is 46.8 Å². The number of thiophene rings is 1. The molecule has 0 amide bonds. The second kappa shape index (κ2) is 8.26. The number of carboxylic acid groups (broad SMARTS) is 1. The van der Waals surface area contributed by atoms with Crippen LogP contribution >= 0.6 is 11.3 Å². The van der Waals surface area contributed by atoms with Crippen LogP contribution in [0.25, 0.3) is 16.7 Å². The number of rotatable bonds is 4. The Morgan fingerprint density at radius 2 is 1.81 bits per heavy atom. The van der Waals surface area contributed by atoms with Crippen LogP contribution in [-0.4, -0.2) is 15.6 Å². The van der Waals surface area contributed by atoms with Crippen molar-refractivity contribution in [3.8, 4) is 17.1 Å². The zero-order valence-corrected chi connectivity index (χ0v) is 18.2. The highest BCUT2D eigenvalue weighted by Crippen LogP contribution is 2.38. The molecule has 0 spiro atoms. The normalized spacial score (nSPS) is 13.4. The van der Waals surface area contributed by atoms with E-state index >= 15 is 0 Å². The lowest BCUT2D eigenvalue weighted by atomic mass is 9.96. The van der Waals surface area contributed by atoms with Crippen LogP contribution in [0.3, 0.4) is 0 Å². The van der Waals surface area contributed by atoms with E-state index in [-0.39, 0.29) is 5.56 Å². The predicted molar refractivity (Wildman–Crippen MR) is 121 cm³/mol. The van der Waals surface area contributed by atoms with Crippen molar-refractivity contribution < 1.29 is 9.90 Å². The van der Waals surface area contributed by atoms with Crippen molar-refractivity contribution in [2.24, 2.45) is 0 Å². The summed E-state index contributed by atoms with van der Waals surface area (Å²) in [6.07, 6.45) is 6.12. The number of benzene rings is 1. The third-order valence-electron chi connectivity index (χ3n) is 5.80. The number of fused-ring (bicyclic) bond motifs is 1. The number of aryl methyl sites for hydroxylation is 2. The molecule has 31 heavy (non-hydrogen) atoms. The molecule has 0 saturated heterocycles. The molecular weight excluding hydrogens is 406 g/mol. The van der Waals surface area contributed by atoms with Gasteiger partial charge in [0.05, 0.1) is 22.8 Å². The van der Waals surface area contributed by atoms with Gasteiger partial charge in [0.2, 0.25) is 0 Å². The van der Waals surface area contributed by atoms with E-state index in [2.05, 4.69) is 16.7 Å². The largest absolute Gasteiger partial charge is 0.478 e. The lowest BCUT2D eigenvalue weighted by Gasteiger charge is -2.10. The lowest BCUT2D eigenvalue weighted by Crippen LogP contribution is -2.02. The molecule has 1 N–H and O–H groups in total. The van der Waals surface area contributed by atoms with Gasteiger partial charge in [-0.15, -0.1) is 11.3 Å². The molecule has 154 valence electrons. The molecule has 0 unspecified atom stereocenters. The number of nitrogens with zero attached hydrogens (tertiary/aromatic N) is 3. The minimum Gasteiger partial charge on any atom is -0.478 e. The first-order valence-electron chi connectivity index (χ1n) is 10.1. The van der Waals surface area contributed by atoms with Crippen LogP contribution < -0.4 is 0 Å². The Kier molecular flexibility index (Phi) is 5.50. The number of carbonyl (C=O) groups is 1. The average molecular weight is 428 g/mol. The van der Waals surface area contributed by atoms with E-state index in [1.807, 2.05) is 26.0 Å². The van der Waals surface area contributed by atoms with Gasteiger partial charge >= 0.3 is 5.97 Å². The molecule has 4 rings (SSSR count). The van der Waals surface area contributed by atoms with E-state index in [4.69, 9.17) is 5.11 Å². The smallest absolute Gasteiger partial charge is 0.335 e. The van der Waals surface area contributed by atoms with Gasteiger partial charge in [0.25, 0.3) is 0 Å². The minimum absolute atomic E-state index is 0.185. The Morgan fingerprint density at radius 1 is 1.13 bits per heavy atom. The Hall–Kier alpha value is -3.61. The lowest BCUT2D eigenvalue weighted by molar-refractivity contribution is 0.0697. The van der Waals surface area contributed by atoms with Gasteiger partial charge in [0.1, 0.15) is 11.1 Å². The summed E-state index contributed by atoms with van der Waals surface area (Å²) in [5.74, 6) is -0.996. The molecule has 6 heteroatoms. The molecule has 0 bridgehead atoms. The first-order chi connectivity index (χ1) is 14.9. The maximum Gasteiger partial charge on any atom is 0.335 e. The number of hydrogen-bond donors (Lipinski definition) is 1. The molecule has 0 aliphatic heterocycles. The standard InChI is InChI=1S/C25H21N3O2S/c1-15-11-19(12-20(13-26)17-7-9-18(10-8-17)25(29)30)16(2)28(15)24-22(14-27)21-5-3-4-6-23(21)31-24/h7-12H,3-6H2,1-2H3,(H,29,30). The molecule has 0 atom stereocenters. The van der Waals surface area contributed by atoms with Crippen molar-refractivity contribution in [2.45, 2.75) is 39.5 Å². The first kappa shape index (κ1) is 20.7. The Labute approximate surface area is 185 Å². The van der Waals surface area contributed by atoms with E-state index in [1.165, 1.54) is 29.0 Å². The summed E-state index contributed by atoms with van der Waals surface area (Å²) in [5, 5.41) is 29.6. The third-order valence-corrected chi connectivity index (χ3v) is 7.08. The second-order valence-electron chi connectivity index (χ2n) is 7.72. The van der Waals surface area contributed by atoms with Crippen LogP contribution in [0.4, 0.5) is 0 Å². The predicted octanol–water partition coefficient (Wildman–Crippen LogP) is 5.67. The number of nitriles is 2. The molecule has 1 aliphatic rings. The molecule has 0 radical (unpaired) electrons. The van der Waals surface area contributed by atoms with Crippen LogP contribution in [0, 0.1) is 36.5 Å². The highest BCUT2D eigenvalue weighted by atomic mass is 32.1. The van der Waals surface area contributed by atoms with Crippen molar-refractivity contribution in [1.82, 2.24) is 4.57 Å². The maximum atomic E-state index is 11.1. The molecule has 0 fully saturated rings. The molecule has 3 aromatic rings. The van der Waals surface area contributed by atoms with Gasteiger partial charge in [-0.2, -0.15) is 10.5 Å². The zero-order valence-electron chi connectivity index (χ0n) is 17.4. The third kappa shape index (κ3) is 3.67. The Morgan fingerprint density at radius 3 is 2.45 bits per heavy atom. The van der Waals surface area contributed by atoms with Crippen LogP contribution in [-0.2, 0) is 12.8 Å². The fourth-order valence-electron chi connectivity index (χ4n) is 4.20. The van der Waals surface area contributed by atoms with Gasteiger partial charge < -0.3 is 9.67 Å². The summed E-state index contributed by atoms with van der Waals surface area (Å²) in [4.78, 5) is 12.4. The summed E-state index contributed by atoms with van der Waals surface area (Å²) >= 11 is 1.71. The highest BCUT2D eigenvalue weighted by molar-refractivity contribution is 7.15. The number of aromatic carboxylic acids is 1. The monoisotopic (exact) mass is 427 g/mol. The topological polar surface area (TPSA) is 89.8 Å². The first-order valence-corrected chi connectivity index (χ1v) is 11.0. The van der Waals surface area contributed by atoms with Crippen LogP contribution in [0.5, 0.6) is 0 Å². The number of aromatic nitrogens is 1. The average Bonchev–Trinajstić information content (AvgIpc) is 3.27. The molecule has 1 aromatic carbocycles. The Bertz CT molecular complexity index is 1290. The Balaban J connectivity index is 1.78. The van der Waals surface area contributed by atoms with Crippen LogP contribution in [0.2, 0.25) is 0 Å². The number of allylic oxidation sites excluding steroid dienone is 1. The molecule has 2 heterocycles. The fourth-order valence-corrected chi connectivity index (χ4v) is 5.65. The molecule has 1 aliphatic carbocycles. The highest BCUT2D eigenvalue weighted by Gasteiger charge is 2.23. The van der Waals surface area contributed by atoms with Gasteiger partial charge in [-0.25, -0.2) is 4.79 Å². The van der Waals surface area contributed by atoms with Gasteiger partial charge in [0.15, 0.2) is 0 Å². The fraction of sp³-hybridized carbons (Fsp3) is 0.240. The van der Waals surface area contributed by atoms with Crippen molar-refractivity contribution in [1.29, 1.82) is 10.5 Å². The molecule has 5 nitrogen and oxygen atoms in total. The number of carboxylic acids is 1. The summed E-state index contributed by atoms with van der Waals surface area (Å²) in [6.45, 7) is 4.01. The molecular formula is C25H21N3O2S. The summed E-state index contributed by atoms with van der Waals surface area (Å²) in [6, 6.07) is 13.0. The quantitative estimate of drug-likeness (QED) is 0.543. The van der Waals surface area contributed by atoms with Gasteiger partial charge in [-0.1, -0.05) is 12.1 Å². The maximum absolute atomic E-state index is 11.1. The van der Waals surface area contributed by atoms with Crippen molar-refractivity contribution in [3.05, 3.63) is 74.4 Å². The van der Waals surface area contributed by atoms with Crippen molar-refractivity contribution in [3.63, 3.8) is 0 Å². The van der Waals surface area contributed by atoms with Crippen LogP contribution in [0.15, 0.2) is 30.3 Å². The second-order valence-corrected chi connectivity index (χ2v) is 8.80.